The number of nitro groups is 1. The Hall–Kier alpha value is -2.21. The zero-order chi connectivity index (χ0) is 16.8. The fraction of sp³-hybridized carbons (Fsp3) is 0.471. The number of ether oxygens (including phenoxy) is 1. The summed E-state index contributed by atoms with van der Waals surface area (Å²) < 4.78 is 6.10. The van der Waals surface area contributed by atoms with Gasteiger partial charge in [-0.05, 0) is 45.9 Å². The number of non-ortho nitro benzene ring substituents is 1. The van der Waals surface area contributed by atoms with Crippen LogP contribution in [-0.4, -0.2) is 34.2 Å². The van der Waals surface area contributed by atoms with E-state index in [1.807, 2.05) is 12.1 Å². The third kappa shape index (κ3) is 3.27. The molecule has 0 amide bonds. The van der Waals surface area contributed by atoms with E-state index >= 15 is 0 Å². The summed E-state index contributed by atoms with van der Waals surface area (Å²) in [6, 6.07) is 8.56. The molecular weight excluding hydrogens is 294 g/mol. The van der Waals surface area contributed by atoms with E-state index in [1.54, 1.807) is 12.1 Å². The lowest BCUT2D eigenvalue weighted by molar-refractivity contribution is -0.384. The highest BCUT2D eigenvalue weighted by Gasteiger charge is 2.38. The van der Waals surface area contributed by atoms with Gasteiger partial charge in [-0.3, -0.25) is 10.1 Å². The fourth-order valence-corrected chi connectivity index (χ4v) is 3.34. The number of morpholine rings is 1. The number of anilines is 1. The smallest absolute Gasteiger partial charge is 0.270 e. The Labute approximate surface area is 135 Å². The van der Waals surface area contributed by atoms with Crippen LogP contribution in [0.25, 0.3) is 10.9 Å². The second kappa shape index (κ2) is 5.16. The predicted molar refractivity (Wildman–Crippen MR) is 89.9 cm³/mol. The van der Waals surface area contributed by atoms with Gasteiger partial charge in [0.25, 0.3) is 5.69 Å². The van der Waals surface area contributed by atoms with E-state index in [1.165, 1.54) is 6.07 Å². The molecule has 1 saturated heterocycles. The molecule has 2 heterocycles. The van der Waals surface area contributed by atoms with E-state index in [-0.39, 0.29) is 21.8 Å². The number of fused-ring (bicyclic) bond motifs is 1. The summed E-state index contributed by atoms with van der Waals surface area (Å²) in [4.78, 5) is 17.4. The van der Waals surface area contributed by atoms with Gasteiger partial charge in [-0.1, -0.05) is 0 Å². The summed E-state index contributed by atoms with van der Waals surface area (Å²) in [7, 11) is 0. The first-order chi connectivity index (χ1) is 10.7. The molecule has 1 aliphatic rings. The standard InChI is InChI=1S/C17H21N3O3/c1-16(2)10-19(11-17(3,4)23-16)15-8-5-12-9-13(20(21)22)6-7-14(12)18-15/h5-9H,10-11H2,1-4H3. The number of hydrogen-bond donors (Lipinski definition) is 0. The van der Waals surface area contributed by atoms with Crippen LogP contribution < -0.4 is 4.90 Å². The number of rotatable bonds is 2. The van der Waals surface area contributed by atoms with Gasteiger partial charge in [-0.25, -0.2) is 4.98 Å². The average Bonchev–Trinajstić information content (AvgIpc) is 2.42. The summed E-state index contributed by atoms with van der Waals surface area (Å²) in [5, 5.41) is 11.6. The molecule has 6 heteroatoms. The molecule has 1 aromatic heterocycles. The third-order valence-corrected chi connectivity index (χ3v) is 3.89. The summed E-state index contributed by atoms with van der Waals surface area (Å²) in [6.07, 6.45) is 0. The van der Waals surface area contributed by atoms with Crippen LogP contribution in [0.1, 0.15) is 27.7 Å². The van der Waals surface area contributed by atoms with Gasteiger partial charge in [-0.15, -0.1) is 0 Å². The highest BCUT2D eigenvalue weighted by atomic mass is 16.6. The Morgan fingerprint density at radius 1 is 1.13 bits per heavy atom. The largest absolute Gasteiger partial charge is 0.366 e. The van der Waals surface area contributed by atoms with Crippen molar-refractivity contribution in [3.63, 3.8) is 0 Å². The molecule has 0 radical (unpaired) electrons. The van der Waals surface area contributed by atoms with Crippen LogP contribution in [0.15, 0.2) is 30.3 Å². The van der Waals surface area contributed by atoms with Crippen molar-refractivity contribution in [2.45, 2.75) is 38.9 Å². The minimum absolute atomic E-state index is 0.0840. The first kappa shape index (κ1) is 15.7. The maximum absolute atomic E-state index is 10.9. The monoisotopic (exact) mass is 315 g/mol. The molecule has 0 atom stereocenters. The van der Waals surface area contributed by atoms with Crippen molar-refractivity contribution in [1.82, 2.24) is 4.98 Å². The molecule has 0 saturated carbocycles. The van der Waals surface area contributed by atoms with Gasteiger partial charge < -0.3 is 9.64 Å². The van der Waals surface area contributed by atoms with Crippen molar-refractivity contribution in [2.24, 2.45) is 0 Å². The van der Waals surface area contributed by atoms with Crippen LogP contribution in [0.3, 0.4) is 0 Å². The average molecular weight is 315 g/mol. The summed E-state index contributed by atoms with van der Waals surface area (Å²) in [6.45, 7) is 9.80. The van der Waals surface area contributed by atoms with E-state index in [0.717, 1.165) is 29.8 Å². The van der Waals surface area contributed by atoms with Crippen LogP contribution in [-0.2, 0) is 4.74 Å². The van der Waals surface area contributed by atoms with E-state index < -0.39 is 0 Å². The second-order valence-electron chi connectivity index (χ2n) is 7.28. The molecule has 1 aromatic carbocycles. The number of pyridine rings is 1. The van der Waals surface area contributed by atoms with Crippen molar-refractivity contribution in [3.8, 4) is 0 Å². The maximum atomic E-state index is 10.9. The predicted octanol–water partition coefficient (Wildman–Crippen LogP) is 3.54. The van der Waals surface area contributed by atoms with Crippen molar-refractivity contribution in [3.05, 3.63) is 40.4 Å². The summed E-state index contributed by atoms with van der Waals surface area (Å²) in [5.74, 6) is 0.871. The number of hydrogen-bond acceptors (Lipinski definition) is 5. The molecule has 0 spiro atoms. The molecule has 1 aliphatic heterocycles. The lowest BCUT2D eigenvalue weighted by atomic mass is 9.99. The van der Waals surface area contributed by atoms with Crippen LogP contribution in [0.4, 0.5) is 11.5 Å². The first-order valence-electron chi connectivity index (χ1n) is 7.66. The Morgan fingerprint density at radius 2 is 1.78 bits per heavy atom. The summed E-state index contributed by atoms with van der Waals surface area (Å²) in [5.41, 5.74) is 0.331. The molecule has 23 heavy (non-hydrogen) atoms. The SMILES string of the molecule is CC1(C)CN(c2ccc3cc([N+](=O)[O-])ccc3n2)CC(C)(C)O1. The normalized spacial score (nSPS) is 19.7. The molecule has 0 bridgehead atoms. The molecule has 0 unspecified atom stereocenters. The number of nitro benzene ring substituents is 1. The first-order valence-corrected chi connectivity index (χ1v) is 7.66. The Bertz CT molecular complexity index is 755. The van der Waals surface area contributed by atoms with Crippen molar-refractivity contribution >= 4 is 22.4 Å². The van der Waals surface area contributed by atoms with Gasteiger partial charge in [-0.2, -0.15) is 0 Å². The highest BCUT2D eigenvalue weighted by molar-refractivity contribution is 5.82. The van der Waals surface area contributed by atoms with Crippen molar-refractivity contribution < 1.29 is 9.66 Å². The maximum Gasteiger partial charge on any atom is 0.270 e. The van der Waals surface area contributed by atoms with E-state index in [2.05, 4.69) is 37.6 Å². The zero-order valence-electron chi connectivity index (χ0n) is 13.9. The van der Waals surface area contributed by atoms with Gasteiger partial charge in [0.05, 0.1) is 21.6 Å². The molecule has 0 N–H and O–H groups in total. The molecular formula is C17H21N3O3. The van der Waals surface area contributed by atoms with Crippen LogP contribution in [0.5, 0.6) is 0 Å². The Kier molecular flexibility index (Phi) is 3.52. The quantitative estimate of drug-likeness (QED) is 0.626. The molecule has 0 aliphatic carbocycles. The second-order valence-corrected chi connectivity index (χ2v) is 7.28. The molecule has 1 fully saturated rings. The number of nitrogens with zero attached hydrogens (tertiary/aromatic N) is 3. The minimum Gasteiger partial charge on any atom is -0.366 e. The van der Waals surface area contributed by atoms with E-state index in [4.69, 9.17) is 4.74 Å². The Morgan fingerprint density at radius 3 is 2.39 bits per heavy atom. The lowest BCUT2D eigenvalue weighted by Gasteiger charge is -2.47. The zero-order valence-corrected chi connectivity index (χ0v) is 13.9. The number of aromatic nitrogens is 1. The highest BCUT2D eigenvalue weighted by Crippen LogP contribution is 2.31. The van der Waals surface area contributed by atoms with Gasteiger partial charge in [0, 0.05) is 30.6 Å². The summed E-state index contributed by atoms with van der Waals surface area (Å²) >= 11 is 0. The molecule has 122 valence electrons. The topological polar surface area (TPSA) is 68.5 Å². The fourth-order valence-electron chi connectivity index (χ4n) is 3.34. The van der Waals surface area contributed by atoms with Gasteiger partial charge in [0.15, 0.2) is 0 Å². The number of benzene rings is 1. The van der Waals surface area contributed by atoms with Crippen molar-refractivity contribution in [1.29, 1.82) is 0 Å². The molecule has 3 rings (SSSR count). The van der Waals surface area contributed by atoms with Gasteiger partial charge >= 0.3 is 0 Å². The minimum atomic E-state index is -0.389. The van der Waals surface area contributed by atoms with Crippen molar-refractivity contribution in [2.75, 3.05) is 18.0 Å². The molecule has 2 aromatic rings. The molecule has 6 nitrogen and oxygen atoms in total. The Balaban J connectivity index is 1.97. The van der Waals surface area contributed by atoms with Gasteiger partial charge in [0.1, 0.15) is 5.82 Å². The van der Waals surface area contributed by atoms with E-state index in [9.17, 15) is 10.1 Å². The van der Waals surface area contributed by atoms with Crippen LogP contribution in [0, 0.1) is 10.1 Å². The van der Waals surface area contributed by atoms with Crippen LogP contribution in [0.2, 0.25) is 0 Å². The third-order valence-electron chi connectivity index (χ3n) is 3.89. The van der Waals surface area contributed by atoms with Crippen LogP contribution >= 0.6 is 0 Å². The van der Waals surface area contributed by atoms with Gasteiger partial charge in [0.2, 0.25) is 0 Å². The van der Waals surface area contributed by atoms with E-state index in [0.29, 0.717) is 0 Å². The lowest BCUT2D eigenvalue weighted by Crippen LogP contribution is -2.57.